The van der Waals surface area contributed by atoms with Gasteiger partial charge in [0.15, 0.2) is 5.82 Å². The highest BCUT2D eigenvalue weighted by Crippen LogP contribution is 2.28. The highest BCUT2D eigenvalue weighted by atomic mass is 32.1. The van der Waals surface area contributed by atoms with E-state index in [2.05, 4.69) is 26.6 Å². The number of thiophene rings is 1. The maximum Gasteiger partial charge on any atom is 0.220 e. The van der Waals surface area contributed by atoms with Crippen LogP contribution in [0, 0.1) is 5.92 Å². The van der Waals surface area contributed by atoms with Crippen molar-refractivity contribution in [3.8, 4) is 11.4 Å². The van der Waals surface area contributed by atoms with Gasteiger partial charge < -0.3 is 16.0 Å². The maximum absolute atomic E-state index is 11.5. The van der Waals surface area contributed by atoms with Gasteiger partial charge in [0.1, 0.15) is 11.6 Å². The Bertz CT molecular complexity index is 1230. The first-order chi connectivity index (χ1) is 15.7. The Kier molecular flexibility index (Phi) is 5.68. The summed E-state index contributed by atoms with van der Waals surface area (Å²) in [6.07, 6.45) is 3.34. The standard InChI is InChI=1S/C24H24N6OS/c25-21(31)16-7-11-30(12-8-16)24-17(4-3-10-26-24)14-27-23-19-5-1-2-6-20(19)28-22(29-23)18-9-13-32-15-18/h1-6,9-10,13,15-16H,7-8,11-12,14H2,(H2,25,31)(H,27,28,29). The molecule has 0 atom stereocenters. The summed E-state index contributed by atoms with van der Waals surface area (Å²) in [5.41, 5.74) is 8.50. The van der Waals surface area contributed by atoms with Crippen LogP contribution in [0.3, 0.4) is 0 Å². The number of amides is 1. The van der Waals surface area contributed by atoms with Gasteiger partial charge in [0.2, 0.25) is 5.91 Å². The lowest BCUT2D eigenvalue weighted by atomic mass is 9.96. The molecule has 5 rings (SSSR count). The van der Waals surface area contributed by atoms with Gasteiger partial charge in [-0.1, -0.05) is 18.2 Å². The molecule has 0 spiro atoms. The van der Waals surface area contributed by atoms with Crippen molar-refractivity contribution in [1.29, 1.82) is 0 Å². The fourth-order valence-electron chi connectivity index (χ4n) is 4.14. The molecule has 1 aliphatic heterocycles. The molecule has 1 amide bonds. The van der Waals surface area contributed by atoms with Crippen LogP contribution in [0.2, 0.25) is 0 Å². The van der Waals surface area contributed by atoms with E-state index in [-0.39, 0.29) is 11.8 Å². The third kappa shape index (κ3) is 4.13. The Morgan fingerprint density at radius 3 is 2.75 bits per heavy atom. The number of hydrogen-bond acceptors (Lipinski definition) is 7. The molecule has 3 aromatic heterocycles. The number of para-hydroxylation sites is 1. The number of carbonyl (C=O) groups is 1. The molecule has 8 heteroatoms. The first-order valence-corrected chi connectivity index (χ1v) is 11.6. The van der Waals surface area contributed by atoms with Gasteiger partial charge in [-0.25, -0.2) is 15.0 Å². The van der Waals surface area contributed by atoms with Crippen molar-refractivity contribution in [2.75, 3.05) is 23.3 Å². The van der Waals surface area contributed by atoms with Gasteiger partial charge in [0, 0.05) is 53.6 Å². The molecule has 0 radical (unpaired) electrons. The van der Waals surface area contributed by atoms with E-state index in [1.807, 2.05) is 48.0 Å². The molecule has 32 heavy (non-hydrogen) atoms. The number of aromatic nitrogens is 3. The topological polar surface area (TPSA) is 97.0 Å². The first-order valence-electron chi connectivity index (χ1n) is 10.7. The Balaban J connectivity index is 1.40. The number of nitrogens with zero attached hydrogens (tertiary/aromatic N) is 4. The SMILES string of the molecule is NC(=O)C1CCN(c2ncccc2CNc2nc(-c3ccsc3)nc3ccccc23)CC1. The molecule has 0 unspecified atom stereocenters. The lowest BCUT2D eigenvalue weighted by molar-refractivity contribution is -0.122. The van der Waals surface area contributed by atoms with Gasteiger partial charge >= 0.3 is 0 Å². The zero-order chi connectivity index (χ0) is 21.9. The largest absolute Gasteiger partial charge is 0.369 e. The number of fused-ring (bicyclic) bond motifs is 1. The molecule has 1 aromatic carbocycles. The lowest BCUT2D eigenvalue weighted by Gasteiger charge is -2.32. The average molecular weight is 445 g/mol. The van der Waals surface area contributed by atoms with Crippen LogP contribution in [-0.4, -0.2) is 33.9 Å². The summed E-state index contributed by atoms with van der Waals surface area (Å²) in [6, 6.07) is 14.1. The van der Waals surface area contributed by atoms with Gasteiger partial charge in [-0.05, 0) is 42.5 Å². The van der Waals surface area contributed by atoms with Crippen molar-refractivity contribution in [2.24, 2.45) is 11.7 Å². The van der Waals surface area contributed by atoms with Crippen molar-refractivity contribution in [3.63, 3.8) is 0 Å². The number of nitrogens with one attached hydrogen (secondary N) is 1. The summed E-state index contributed by atoms with van der Waals surface area (Å²) >= 11 is 1.63. The molecule has 1 aliphatic rings. The number of pyridine rings is 1. The van der Waals surface area contributed by atoms with Crippen LogP contribution >= 0.6 is 11.3 Å². The molecule has 1 saturated heterocycles. The summed E-state index contributed by atoms with van der Waals surface area (Å²) in [5.74, 6) is 2.22. The Morgan fingerprint density at radius 2 is 1.97 bits per heavy atom. The Morgan fingerprint density at radius 1 is 1.12 bits per heavy atom. The number of hydrogen-bond donors (Lipinski definition) is 2. The van der Waals surface area contributed by atoms with Crippen molar-refractivity contribution in [2.45, 2.75) is 19.4 Å². The van der Waals surface area contributed by atoms with Crippen molar-refractivity contribution >= 4 is 39.8 Å². The molecule has 4 heterocycles. The molecule has 0 saturated carbocycles. The number of primary amides is 1. The zero-order valence-corrected chi connectivity index (χ0v) is 18.4. The quantitative estimate of drug-likeness (QED) is 0.465. The average Bonchev–Trinajstić information content (AvgIpc) is 3.38. The van der Waals surface area contributed by atoms with Crippen molar-refractivity contribution < 1.29 is 4.79 Å². The number of piperidine rings is 1. The summed E-state index contributed by atoms with van der Waals surface area (Å²) < 4.78 is 0. The monoisotopic (exact) mass is 444 g/mol. The van der Waals surface area contributed by atoms with Crippen LogP contribution in [0.15, 0.2) is 59.4 Å². The lowest BCUT2D eigenvalue weighted by Crippen LogP contribution is -2.39. The van der Waals surface area contributed by atoms with Crippen LogP contribution in [0.25, 0.3) is 22.3 Å². The number of benzene rings is 1. The predicted octanol–water partition coefficient (Wildman–Crippen LogP) is 4.07. The highest BCUT2D eigenvalue weighted by Gasteiger charge is 2.25. The number of rotatable bonds is 6. The summed E-state index contributed by atoms with van der Waals surface area (Å²) in [6.45, 7) is 2.13. The van der Waals surface area contributed by atoms with Gasteiger partial charge in [0.25, 0.3) is 0 Å². The number of nitrogens with two attached hydrogens (primary N) is 1. The van der Waals surface area contributed by atoms with Gasteiger partial charge in [-0.2, -0.15) is 11.3 Å². The molecule has 0 bridgehead atoms. The van der Waals surface area contributed by atoms with Gasteiger partial charge in [-0.3, -0.25) is 4.79 Å². The van der Waals surface area contributed by atoms with E-state index in [9.17, 15) is 4.79 Å². The first kappa shape index (κ1) is 20.4. The second kappa shape index (κ2) is 8.92. The van der Waals surface area contributed by atoms with E-state index < -0.39 is 0 Å². The van der Waals surface area contributed by atoms with Crippen molar-refractivity contribution in [3.05, 3.63) is 65.0 Å². The summed E-state index contributed by atoms with van der Waals surface area (Å²) in [4.78, 5) is 28.0. The molecule has 3 N–H and O–H groups in total. The van der Waals surface area contributed by atoms with Crippen LogP contribution in [0.1, 0.15) is 18.4 Å². The second-order valence-electron chi connectivity index (χ2n) is 7.93. The Labute approximate surface area is 190 Å². The minimum absolute atomic E-state index is 0.0422. The van der Waals surface area contributed by atoms with Crippen LogP contribution in [0.4, 0.5) is 11.6 Å². The minimum atomic E-state index is -0.204. The normalized spacial score (nSPS) is 14.6. The van der Waals surface area contributed by atoms with Crippen LogP contribution in [-0.2, 0) is 11.3 Å². The maximum atomic E-state index is 11.5. The van der Waals surface area contributed by atoms with Crippen molar-refractivity contribution in [1.82, 2.24) is 15.0 Å². The molecule has 0 aliphatic carbocycles. The molecular formula is C24H24N6OS. The van der Waals surface area contributed by atoms with E-state index >= 15 is 0 Å². The van der Waals surface area contributed by atoms with Gasteiger partial charge in [-0.15, -0.1) is 0 Å². The molecule has 1 fully saturated rings. The zero-order valence-electron chi connectivity index (χ0n) is 17.6. The van der Waals surface area contributed by atoms with Crippen LogP contribution < -0.4 is 16.0 Å². The molecule has 4 aromatic rings. The van der Waals surface area contributed by atoms with E-state index in [4.69, 9.17) is 15.7 Å². The third-order valence-corrected chi connectivity index (χ3v) is 6.58. The van der Waals surface area contributed by atoms with E-state index in [1.165, 1.54) is 0 Å². The molecule has 7 nitrogen and oxygen atoms in total. The van der Waals surface area contributed by atoms with E-state index in [0.717, 1.165) is 59.6 Å². The fourth-order valence-corrected chi connectivity index (χ4v) is 4.77. The molecular weight excluding hydrogens is 420 g/mol. The van der Waals surface area contributed by atoms with E-state index in [0.29, 0.717) is 12.4 Å². The molecule has 162 valence electrons. The predicted molar refractivity (Wildman–Crippen MR) is 129 cm³/mol. The summed E-state index contributed by atoms with van der Waals surface area (Å²) in [7, 11) is 0. The van der Waals surface area contributed by atoms with E-state index in [1.54, 1.807) is 11.3 Å². The third-order valence-electron chi connectivity index (χ3n) is 5.89. The highest BCUT2D eigenvalue weighted by molar-refractivity contribution is 7.08. The number of anilines is 2. The van der Waals surface area contributed by atoms with Crippen LogP contribution in [0.5, 0.6) is 0 Å². The second-order valence-corrected chi connectivity index (χ2v) is 8.71. The van der Waals surface area contributed by atoms with Gasteiger partial charge in [0.05, 0.1) is 5.52 Å². The fraction of sp³-hybridized carbons (Fsp3) is 0.250. The minimum Gasteiger partial charge on any atom is -0.369 e. The summed E-state index contributed by atoms with van der Waals surface area (Å²) in [5, 5.41) is 8.60. The Hall–Kier alpha value is -3.52. The number of carbonyl (C=O) groups excluding carboxylic acids is 1. The smallest absolute Gasteiger partial charge is 0.220 e.